The lowest BCUT2D eigenvalue weighted by Crippen LogP contribution is -2.61. The number of hydrogen-bond donors (Lipinski definition) is 5. The van der Waals surface area contributed by atoms with Gasteiger partial charge in [-0.05, 0) is 23.6 Å². The summed E-state index contributed by atoms with van der Waals surface area (Å²) in [7, 11) is 0. The standard InChI is InChI=1S/C13H16F3N3O3.ClH/c1-7(2)8-3-5-9(6-4-8)10(20)18-11(17)19-13(21,22)12(14,15)16;/h3-7,21-22H,1-2H3,(H3,17,18,19,20);1H. The second-order valence-electron chi connectivity index (χ2n) is 4.90. The number of benzene rings is 1. The summed E-state index contributed by atoms with van der Waals surface area (Å²) in [5.74, 6) is -6.11. The van der Waals surface area contributed by atoms with Crippen molar-refractivity contribution in [2.45, 2.75) is 31.9 Å². The van der Waals surface area contributed by atoms with E-state index >= 15 is 0 Å². The minimum atomic E-state index is -5.43. The number of aliphatic hydroxyl groups is 2. The Labute approximate surface area is 136 Å². The molecule has 6 nitrogen and oxygen atoms in total. The summed E-state index contributed by atoms with van der Waals surface area (Å²) in [4.78, 5) is 11.7. The van der Waals surface area contributed by atoms with Gasteiger partial charge < -0.3 is 10.2 Å². The van der Waals surface area contributed by atoms with Gasteiger partial charge in [0.15, 0.2) is 5.96 Å². The summed E-state index contributed by atoms with van der Waals surface area (Å²) >= 11 is 0. The molecular weight excluding hydrogens is 339 g/mol. The van der Waals surface area contributed by atoms with Crippen LogP contribution in [0.15, 0.2) is 24.3 Å². The summed E-state index contributed by atoms with van der Waals surface area (Å²) in [6, 6.07) is 6.25. The Kier molecular flexibility index (Phi) is 7.01. The topological polar surface area (TPSA) is 105 Å². The van der Waals surface area contributed by atoms with Crippen molar-refractivity contribution in [3.63, 3.8) is 0 Å². The van der Waals surface area contributed by atoms with Gasteiger partial charge in [0, 0.05) is 5.56 Å². The lowest BCUT2D eigenvalue weighted by atomic mass is 10.0. The van der Waals surface area contributed by atoms with Gasteiger partial charge in [0.1, 0.15) is 0 Å². The summed E-state index contributed by atoms with van der Waals surface area (Å²) in [6.07, 6.45) is -5.43. The highest BCUT2D eigenvalue weighted by Gasteiger charge is 2.54. The van der Waals surface area contributed by atoms with E-state index < -0.39 is 24.0 Å². The molecule has 1 rings (SSSR count). The number of halogens is 4. The number of carbonyl (C=O) groups excluding carboxylic acids is 1. The highest BCUT2D eigenvalue weighted by Crippen LogP contribution is 2.25. The second-order valence-corrected chi connectivity index (χ2v) is 4.90. The van der Waals surface area contributed by atoms with Crippen molar-refractivity contribution in [2.75, 3.05) is 0 Å². The van der Waals surface area contributed by atoms with Crippen LogP contribution in [0.1, 0.15) is 35.7 Å². The van der Waals surface area contributed by atoms with E-state index in [4.69, 9.17) is 15.6 Å². The fraction of sp³-hybridized carbons (Fsp3) is 0.385. The Bertz CT molecular complexity index is 560. The van der Waals surface area contributed by atoms with Gasteiger partial charge >= 0.3 is 12.1 Å². The molecule has 0 aliphatic heterocycles. The zero-order valence-electron chi connectivity index (χ0n) is 12.2. The lowest BCUT2D eigenvalue weighted by Gasteiger charge is -2.26. The lowest BCUT2D eigenvalue weighted by molar-refractivity contribution is -0.356. The van der Waals surface area contributed by atoms with Crippen molar-refractivity contribution in [1.82, 2.24) is 10.6 Å². The summed E-state index contributed by atoms with van der Waals surface area (Å²) < 4.78 is 36.6. The largest absolute Gasteiger partial charge is 0.465 e. The van der Waals surface area contributed by atoms with E-state index in [1.54, 1.807) is 17.4 Å². The molecular formula is C13H17ClF3N3O3. The minimum absolute atomic E-state index is 0. The first kappa shape index (κ1) is 21.2. The van der Waals surface area contributed by atoms with Gasteiger partial charge in [-0.15, -0.1) is 12.4 Å². The van der Waals surface area contributed by atoms with Crippen LogP contribution in [0.4, 0.5) is 13.2 Å². The van der Waals surface area contributed by atoms with Crippen LogP contribution in [-0.4, -0.2) is 34.2 Å². The van der Waals surface area contributed by atoms with Gasteiger partial charge in [-0.1, -0.05) is 26.0 Å². The van der Waals surface area contributed by atoms with Crippen LogP contribution in [0.5, 0.6) is 0 Å². The molecule has 1 aromatic rings. The van der Waals surface area contributed by atoms with E-state index in [0.717, 1.165) is 10.9 Å². The van der Waals surface area contributed by atoms with Crippen molar-refractivity contribution < 1.29 is 28.2 Å². The molecule has 0 aromatic heterocycles. The van der Waals surface area contributed by atoms with Gasteiger partial charge in [-0.25, -0.2) is 0 Å². The molecule has 23 heavy (non-hydrogen) atoms. The Morgan fingerprint density at radius 3 is 2.04 bits per heavy atom. The van der Waals surface area contributed by atoms with Gasteiger partial charge in [-0.3, -0.25) is 20.8 Å². The van der Waals surface area contributed by atoms with E-state index in [0.29, 0.717) is 0 Å². The van der Waals surface area contributed by atoms with E-state index in [1.807, 2.05) is 13.8 Å². The normalized spacial score (nSPS) is 11.7. The molecule has 5 N–H and O–H groups in total. The molecule has 1 aromatic carbocycles. The third kappa shape index (κ3) is 5.70. The van der Waals surface area contributed by atoms with E-state index in [9.17, 15) is 18.0 Å². The molecule has 0 heterocycles. The maximum atomic E-state index is 12.2. The second kappa shape index (κ2) is 7.62. The van der Waals surface area contributed by atoms with E-state index in [-0.39, 0.29) is 23.9 Å². The third-order valence-electron chi connectivity index (χ3n) is 2.77. The fourth-order valence-corrected chi connectivity index (χ4v) is 1.48. The van der Waals surface area contributed by atoms with Crippen LogP contribution < -0.4 is 10.6 Å². The summed E-state index contributed by atoms with van der Waals surface area (Å²) in [6.45, 7) is 3.90. The van der Waals surface area contributed by atoms with Crippen LogP contribution in [-0.2, 0) is 0 Å². The minimum Gasteiger partial charge on any atom is -0.342 e. The molecule has 1 amide bonds. The molecule has 0 bridgehead atoms. The molecule has 0 aliphatic rings. The average Bonchev–Trinajstić information content (AvgIpc) is 2.36. The quantitative estimate of drug-likeness (QED) is 0.323. The van der Waals surface area contributed by atoms with Crippen molar-refractivity contribution >= 4 is 24.3 Å². The Hall–Kier alpha value is -1.84. The molecule has 0 saturated carbocycles. The molecule has 0 saturated heterocycles. The number of amides is 1. The number of hydrogen-bond acceptors (Lipinski definition) is 4. The zero-order valence-corrected chi connectivity index (χ0v) is 13.0. The van der Waals surface area contributed by atoms with Crippen molar-refractivity contribution in [3.8, 4) is 0 Å². The molecule has 10 heteroatoms. The van der Waals surface area contributed by atoms with E-state index in [1.165, 1.54) is 12.1 Å². The van der Waals surface area contributed by atoms with Crippen LogP contribution in [0.3, 0.4) is 0 Å². The predicted molar refractivity (Wildman–Crippen MR) is 79.3 cm³/mol. The number of carbonyl (C=O) groups is 1. The number of rotatable bonds is 3. The number of alkyl halides is 3. The van der Waals surface area contributed by atoms with Gasteiger partial charge in [-0.2, -0.15) is 13.2 Å². The summed E-state index contributed by atoms with van der Waals surface area (Å²) in [5, 5.41) is 27.5. The molecule has 0 radical (unpaired) electrons. The third-order valence-corrected chi connectivity index (χ3v) is 2.77. The number of guanidine groups is 1. The molecule has 0 fully saturated rings. The highest BCUT2D eigenvalue weighted by atomic mass is 35.5. The SMILES string of the molecule is CC(C)c1ccc(C(=O)NC(=N)NC(O)(O)C(F)(F)F)cc1.Cl. The summed E-state index contributed by atoms with van der Waals surface area (Å²) in [5.41, 5.74) is 1.08. The molecule has 0 spiro atoms. The van der Waals surface area contributed by atoms with Crippen molar-refractivity contribution in [2.24, 2.45) is 0 Å². The van der Waals surface area contributed by atoms with Gasteiger partial charge in [0.25, 0.3) is 5.91 Å². The zero-order chi connectivity index (χ0) is 17.1. The van der Waals surface area contributed by atoms with Gasteiger partial charge in [0.05, 0.1) is 0 Å². The van der Waals surface area contributed by atoms with Crippen LogP contribution in [0, 0.1) is 5.41 Å². The first-order valence-electron chi connectivity index (χ1n) is 6.23. The average molecular weight is 356 g/mol. The Morgan fingerprint density at radius 1 is 1.17 bits per heavy atom. The first-order chi connectivity index (χ1) is 9.94. The van der Waals surface area contributed by atoms with E-state index in [2.05, 4.69) is 0 Å². The van der Waals surface area contributed by atoms with Crippen LogP contribution in [0.25, 0.3) is 0 Å². The molecule has 0 unspecified atom stereocenters. The fourth-order valence-electron chi connectivity index (χ4n) is 1.48. The van der Waals surface area contributed by atoms with Crippen LogP contribution >= 0.6 is 12.4 Å². The molecule has 0 atom stereocenters. The maximum Gasteiger partial charge on any atom is 0.465 e. The van der Waals surface area contributed by atoms with Crippen molar-refractivity contribution in [3.05, 3.63) is 35.4 Å². The Morgan fingerprint density at radius 2 is 1.65 bits per heavy atom. The molecule has 130 valence electrons. The maximum absolute atomic E-state index is 12.2. The van der Waals surface area contributed by atoms with Crippen molar-refractivity contribution in [1.29, 1.82) is 5.41 Å². The highest BCUT2D eigenvalue weighted by molar-refractivity contribution is 6.04. The predicted octanol–water partition coefficient (Wildman–Crippen LogP) is 1.69. The molecule has 0 aliphatic carbocycles. The smallest absolute Gasteiger partial charge is 0.342 e. The van der Waals surface area contributed by atoms with Gasteiger partial charge in [0.2, 0.25) is 0 Å². The first-order valence-corrected chi connectivity index (χ1v) is 6.23. The van der Waals surface area contributed by atoms with Crippen LogP contribution in [0.2, 0.25) is 0 Å². The Balaban J connectivity index is 0.00000484. The monoisotopic (exact) mass is 355 g/mol. The number of nitrogens with one attached hydrogen (secondary N) is 3.